The topological polar surface area (TPSA) is 66.6 Å². The van der Waals surface area contributed by atoms with Gasteiger partial charge in [0.25, 0.3) is 0 Å². The van der Waals surface area contributed by atoms with Crippen molar-refractivity contribution in [3.8, 4) is 0 Å². The van der Waals surface area contributed by atoms with Crippen LogP contribution in [0.15, 0.2) is 28.8 Å². The fourth-order valence-electron chi connectivity index (χ4n) is 2.71. The molecule has 0 spiro atoms. The Kier molecular flexibility index (Phi) is 3.28. The van der Waals surface area contributed by atoms with Crippen LogP contribution in [0, 0.1) is 6.92 Å². The van der Waals surface area contributed by atoms with Gasteiger partial charge in [-0.05, 0) is 30.5 Å². The zero-order valence-electron chi connectivity index (χ0n) is 11.3. The summed E-state index contributed by atoms with van der Waals surface area (Å²) in [7, 11) is 0. The largest absolute Gasteiger partial charge is 0.478 e. The normalized spacial score (nSPS) is 15.1. The van der Waals surface area contributed by atoms with Crippen LogP contribution in [0.5, 0.6) is 0 Å². The summed E-state index contributed by atoms with van der Waals surface area (Å²) in [6.45, 7) is 4.18. The van der Waals surface area contributed by atoms with E-state index in [4.69, 9.17) is 4.52 Å². The Morgan fingerprint density at radius 3 is 3.05 bits per heavy atom. The summed E-state index contributed by atoms with van der Waals surface area (Å²) in [5.41, 5.74) is 3.36. The third-order valence-corrected chi connectivity index (χ3v) is 3.63. The first-order chi connectivity index (χ1) is 9.63. The number of carboxylic acid groups (broad SMARTS) is 1. The number of carbonyl (C=O) groups is 1. The lowest BCUT2D eigenvalue weighted by Gasteiger charge is -2.28. The number of carboxylic acids is 1. The average molecular weight is 272 g/mol. The molecule has 0 amide bonds. The van der Waals surface area contributed by atoms with E-state index in [-0.39, 0.29) is 0 Å². The van der Waals surface area contributed by atoms with Crippen LogP contribution in [-0.2, 0) is 19.5 Å². The summed E-state index contributed by atoms with van der Waals surface area (Å²) in [6, 6.07) is 7.42. The molecule has 5 heteroatoms. The molecule has 3 rings (SSSR count). The second kappa shape index (κ2) is 5.09. The Morgan fingerprint density at radius 1 is 1.50 bits per heavy atom. The van der Waals surface area contributed by atoms with Gasteiger partial charge in [-0.2, -0.15) is 0 Å². The van der Waals surface area contributed by atoms with Crippen LogP contribution in [0.3, 0.4) is 0 Å². The van der Waals surface area contributed by atoms with Crippen molar-refractivity contribution in [2.45, 2.75) is 26.4 Å². The first kappa shape index (κ1) is 12.9. The van der Waals surface area contributed by atoms with Gasteiger partial charge < -0.3 is 9.63 Å². The molecule has 2 heterocycles. The maximum Gasteiger partial charge on any atom is 0.335 e. The first-order valence-corrected chi connectivity index (χ1v) is 6.62. The van der Waals surface area contributed by atoms with E-state index in [1.54, 1.807) is 6.07 Å². The van der Waals surface area contributed by atoms with Gasteiger partial charge in [0, 0.05) is 19.2 Å². The number of aromatic nitrogens is 1. The monoisotopic (exact) mass is 272 g/mol. The van der Waals surface area contributed by atoms with Crippen LogP contribution < -0.4 is 0 Å². The van der Waals surface area contributed by atoms with Gasteiger partial charge in [0.15, 0.2) is 5.76 Å². The molecule has 1 aromatic carbocycles. The SMILES string of the molecule is Cc1cc(CN2CCc3c(cccc3C(=O)O)C2)on1. The Morgan fingerprint density at radius 2 is 2.35 bits per heavy atom. The number of nitrogens with zero attached hydrogens (tertiary/aromatic N) is 2. The molecule has 0 saturated carbocycles. The minimum absolute atomic E-state index is 0.428. The lowest BCUT2D eigenvalue weighted by Crippen LogP contribution is -2.31. The number of fused-ring (bicyclic) bond motifs is 1. The highest BCUT2D eigenvalue weighted by Crippen LogP contribution is 2.24. The molecule has 0 saturated heterocycles. The second-order valence-corrected chi connectivity index (χ2v) is 5.14. The molecular weight excluding hydrogens is 256 g/mol. The van der Waals surface area contributed by atoms with Crippen molar-refractivity contribution in [3.05, 3.63) is 52.4 Å². The van der Waals surface area contributed by atoms with Gasteiger partial charge in [0.05, 0.1) is 17.8 Å². The van der Waals surface area contributed by atoms with Crippen LogP contribution in [0.1, 0.15) is 32.9 Å². The summed E-state index contributed by atoms with van der Waals surface area (Å²) in [5, 5.41) is 13.1. The summed E-state index contributed by atoms with van der Waals surface area (Å²) >= 11 is 0. The molecule has 1 aliphatic rings. The minimum atomic E-state index is -0.846. The Bertz CT molecular complexity index is 648. The maximum atomic E-state index is 11.2. The van der Waals surface area contributed by atoms with E-state index in [9.17, 15) is 9.90 Å². The van der Waals surface area contributed by atoms with E-state index in [0.29, 0.717) is 12.1 Å². The molecule has 0 atom stereocenters. The van der Waals surface area contributed by atoms with Crippen LogP contribution in [0.25, 0.3) is 0 Å². The molecule has 0 fully saturated rings. The quantitative estimate of drug-likeness (QED) is 0.928. The predicted octanol–water partition coefficient (Wildman–Crippen LogP) is 2.24. The van der Waals surface area contributed by atoms with E-state index in [1.165, 1.54) is 0 Å². The van der Waals surface area contributed by atoms with Crippen LogP contribution in [0.4, 0.5) is 0 Å². The van der Waals surface area contributed by atoms with Crippen molar-refractivity contribution in [3.63, 3.8) is 0 Å². The van der Waals surface area contributed by atoms with E-state index < -0.39 is 5.97 Å². The smallest absolute Gasteiger partial charge is 0.335 e. The highest BCUT2D eigenvalue weighted by atomic mass is 16.5. The molecular formula is C15H16N2O3. The number of benzene rings is 1. The molecule has 0 unspecified atom stereocenters. The van der Waals surface area contributed by atoms with E-state index in [2.05, 4.69) is 10.1 Å². The molecule has 0 bridgehead atoms. The summed E-state index contributed by atoms with van der Waals surface area (Å²) in [6.07, 6.45) is 0.755. The molecule has 104 valence electrons. The Labute approximate surface area is 116 Å². The van der Waals surface area contributed by atoms with Gasteiger partial charge in [-0.15, -0.1) is 0 Å². The van der Waals surface area contributed by atoms with Crippen molar-refractivity contribution in [2.24, 2.45) is 0 Å². The van der Waals surface area contributed by atoms with Crippen molar-refractivity contribution < 1.29 is 14.4 Å². The predicted molar refractivity (Wildman–Crippen MR) is 72.5 cm³/mol. The standard InChI is InChI=1S/C15H16N2O3/c1-10-7-12(20-16-10)9-17-6-5-13-11(8-17)3-2-4-14(13)15(18)19/h2-4,7H,5-6,8-9H2,1H3,(H,18,19). The van der Waals surface area contributed by atoms with Crippen molar-refractivity contribution in [1.82, 2.24) is 10.1 Å². The molecule has 5 nitrogen and oxygen atoms in total. The summed E-state index contributed by atoms with van der Waals surface area (Å²) < 4.78 is 5.23. The number of rotatable bonds is 3. The van der Waals surface area contributed by atoms with Gasteiger partial charge in [0.2, 0.25) is 0 Å². The number of aromatic carboxylic acids is 1. The third kappa shape index (κ3) is 2.44. The molecule has 0 radical (unpaired) electrons. The highest BCUT2D eigenvalue weighted by molar-refractivity contribution is 5.89. The molecule has 20 heavy (non-hydrogen) atoms. The highest BCUT2D eigenvalue weighted by Gasteiger charge is 2.21. The van der Waals surface area contributed by atoms with Crippen LogP contribution in [-0.4, -0.2) is 27.7 Å². The number of hydrogen-bond donors (Lipinski definition) is 1. The zero-order chi connectivity index (χ0) is 14.1. The zero-order valence-corrected chi connectivity index (χ0v) is 11.3. The van der Waals surface area contributed by atoms with Gasteiger partial charge in [-0.25, -0.2) is 4.79 Å². The third-order valence-electron chi connectivity index (χ3n) is 3.63. The van der Waals surface area contributed by atoms with Crippen LogP contribution in [0.2, 0.25) is 0 Å². The van der Waals surface area contributed by atoms with Gasteiger partial charge in [-0.1, -0.05) is 17.3 Å². The molecule has 2 aromatic rings. The van der Waals surface area contributed by atoms with E-state index in [0.717, 1.165) is 42.1 Å². The minimum Gasteiger partial charge on any atom is -0.478 e. The van der Waals surface area contributed by atoms with Crippen molar-refractivity contribution in [2.75, 3.05) is 6.54 Å². The number of hydrogen-bond acceptors (Lipinski definition) is 4. The number of aryl methyl sites for hydroxylation is 1. The molecule has 0 aliphatic carbocycles. The lowest BCUT2D eigenvalue weighted by atomic mass is 9.94. The van der Waals surface area contributed by atoms with E-state index in [1.807, 2.05) is 25.1 Å². The molecule has 1 aliphatic heterocycles. The van der Waals surface area contributed by atoms with Gasteiger partial charge in [0.1, 0.15) is 0 Å². The van der Waals surface area contributed by atoms with Crippen molar-refractivity contribution >= 4 is 5.97 Å². The van der Waals surface area contributed by atoms with Crippen molar-refractivity contribution in [1.29, 1.82) is 0 Å². The summed E-state index contributed by atoms with van der Waals surface area (Å²) in [5.74, 6) is 0.00139. The van der Waals surface area contributed by atoms with Gasteiger partial charge >= 0.3 is 5.97 Å². The average Bonchev–Trinajstić information content (AvgIpc) is 2.83. The van der Waals surface area contributed by atoms with Gasteiger partial charge in [-0.3, -0.25) is 4.90 Å². The molecule has 1 N–H and O–H groups in total. The van der Waals surface area contributed by atoms with Crippen LogP contribution >= 0.6 is 0 Å². The second-order valence-electron chi connectivity index (χ2n) is 5.14. The Hall–Kier alpha value is -2.14. The molecule has 1 aromatic heterocycles. The maximum absolute atomic E-state index is 11.2. The summed E-state index contributed by atoms with van der Waals surface area (Å²) in [4.78, 5) is 13.5. The lowest BCUT2D eigenvalue weighted by molar-refractivity contribution is 0.0694. The fourth-order valence-corrected chi connectivity index (χ4v) is 2.71. The Balaban J connectivity index is 1.79. The van der Waals surface area contributed by atoms with E-state index >= 15 is 0 Å². The first-order valence-electron chi connectivity index (χ1n) is 6.62. The fraction of sp³-hybridized carbons (Fsp3) is 0.333.